The highest BCUT2D eigenvalue weighted by atomic mass is 79.9. The average Bonchev–Trinajstić information content (AvgIpc) is 2.71. The Morgan fingerprint density at radius 2 is 2.24 bits per heavy atom. The van der Waals surface area contributed by atoms with Gasteiger partial charge in [0.2, 0.25) is 0 Å². The molecule has 1 aromatic carbocycles. The van der Waals surface area contributed by atoms with E-state index < -0.39 is 0 Å². The van der Waals surface area contributed by atoms with Crippen LogP contribution in [0, 0.1) is 5.82 Å². The van der Waals surface area contributed by atoms with Crippen LogP contribution in [-0.4, -0.2) is 22.0 Å². The molecule has 4 nitrogen and oxygen atoms in total. The van der Waals surface area contributed by atoms with Gasteiger partial charge in [-0.05, 0) is 25.2 Å². The van der Waals surface area contributed by atoms with Crippen molar-refractivity contribution >= 4 is 15.9 Å². The van der Waals surface area contributed by atoms with Crippen molar-refractivity contribution in [2.24, 2.45) is 7.05 Å². The van der Waals surface area contributed by atoms with Gasteiger partial charge in [-0.25, -0.2) is 4.39 Å². The molecule has 0 spiro atoms. The molecule has 90 valence electrons. The Morgan fingerprint density at radius 3 is 2.82 bits per heavy atom. The van der Waals surface area contributed by atoms with Crippen LogP contribution in [0.15, 0.2) is 28.9 Å². The molecule has 2 aromatic rings. The largest absolute Gasteiger partial charge is 0.308 e. The van der Waals surface area contributed by atoms with E-state index in [9.17, 15) is 4.39 Å². The molecule has 6 heteroatoms. The normalized spacial score (nSPS) is 12.7. The van der Waals surface area contributed by atoms with Gasteiger partial charge in [-0.2, -0.15) is 0 Å². The lowest BCUT2D eigenvalue weighted by atomic mass is 10.0. The topological polar surface area (TPSA) is 42.7 Å². The molecule has 0 saturated heterocycles. The molecule has 1 heterocycles. The van der Waals surface area contributed by atoms with Gasteiger partial charge in [0.05, 0.1) is 17.9 Å². The second-order valence-electron chi connectivity index (χ2n) is 3.67. The lowest BCUT2D eigenvalue weighted by Gasteiger charge is -2.17. The van der Waals surface area contributed by atoms with Crippen LogP contribution in [0.4, 0.5) is 4.39 Å². The molecule has 0 aliphatic heterocycles. The number of benzene rings is 1. The van der Waals surface area contributed by atoms with E-state index in [1.807, 2.05) is 0 Å². The Hall–Kier alpha value is -1.27. The highest BCUT2D eigenvalue weighted by Crippen LogP contribution is 2.25. The molecule has 1 unspecified atom stereocenters. The van der Waals surface area contributed by atoms with Crippen molar-refractivity contribution < 1.29 is 4.39 Å². The third-order valence-electron chi connectivity index (χ3n) is 2.60. The maximum atomic E-state index is 13.8. The third-order valence-corrected chi connectivity index (χ3v) is 3.10. The molecule has 1 aromatic heterocycles. The summed E-state index contributed by atoms with van der Waals surface area (Å²) >= 11 is 3.34. The van der Waals surface area contributed by atoms with Gasteiger partial charge in [-0.15, -0.1) is 5.10 Å². The van der Waals surface area contributed by atoms with Gasteiger partial charge in [0, 0.05) is 17.1 Å². The predicted molar refractivity (Wildman–Crippen MR) is 66.0 cm³/mol. The lowest BCUT2D eigenvalue weighted by Crippen LogP contribution is -2.21. The van der Waals surface area contributed by atoms with Crippen molar-refractivity contribution in [1.29, 1.82) is 0 Å². The van der Waals surface area contributed by atoms with Crippen molar-refractivity contribution in [1.82, 2.24) is 20.3 Å². The SMILES string of the molecule is CNC(c1cc(Br)ccc1F)c1cnnn1C. The number of nitrogens with zero attached hydrogens (tertiary/aromatic N) is 3. The molecule has 0 bridgehead atoms. The van der Waals surface area contributed by atoms with E-state index in [0.717, 1.165) is 10.2 Å². The summed E-state index contributed by atoms with van der Waals surface area (Å²) in [5.74, 6) is -0.256. The number of aromatic nitrogens is 3. The monoisotopic (exact) mass is 298 g/mol. The minimum Gasteiger partial charge on any atom is -0.308 e. The fourth-order valence-corrected chi connectivity index (χ4v) is 2.14. The van der Waals surface area contributed by atoms with E-state index in [2.05, 4.69) is 31.6 Å². The van der Waals surface area contributed by atoms with Gasteiger partial charge in [-0.1, -0.05) is 21.1 Å². The summed E-state index contributed by atoms with van der Waals surface area (Å²) in [7, 11) is 3.56. The van der Waals surface area contributed by atoms with Crippen molar-refractivity contribution in [3.63, 3.8) is 0 Å². The van der Waals surface area contributed by atoms with Crippen molar-refractivity contribution in [2.75, 3.05) is 7.05 Å². The first-order valence-electron chi connectivity index (χ1n) is 5.10. The summed E-state index contributed by atoms with van der Waals surface area (Å²) in [4.78, 5) is 0. The Morgan fingerprint density at radius 1 is 1.47 bits per heavy atom. The predicted octanol–water partition coefficient (Wildman–Crippen LogP) is 2.03. The van der Waals surface area contributed by atoms with Gasteiger partial charge in [0.1, 0.15) is 5.82 Å². The third kappa shape index (κ3) is 2.37. The minimum absolute atomic E-state index is 0.256. The zero-order valence-electron chi connectivity index (χ0n) is 9.48. The van der Waals surface area contributed by atoms with Gasteiger partial charge in [0.15, 0.2) is 0 Å². The molecule has 0 amide bonds. The van der Waals surface area contributed by atoms with Crippen molar-refractivity contribution in [2.45, 2.75) is 6.04 Å². The Labute approximate surface area is 107 Å². The maximum absolute atomic E-state index is 13.8. The van der Waals surface area contributed by atoms with Crippen LogP contribution in [0.1, 0.15) is 17.3 Å². The number of rotatable bonds is 3. The van der Waals surface area contributed by atoms with E-state index in [4.69, 9.17) is 0 Å². The second kappa shape index (κ2) is 4.93. The van der Waals surface area contributed by atoms with Crippen LogP contribution in [-0.2, 0) is 7.05 Å². The molecule has 0 saturated carbocycles. The second-order valence-corrected chi connectivity index (χ2v) is 4.59. The Kier molecular flexibility index (Phi) is 3.54. The molecule has 0 aliphatic carbocycles. The minimum atomic E-state index is -0.271. The molecule has 1 atom stereocenters. The van der Waals surface area contributed by atoms with E-state index in [0.29, 0.717) is 5.56 Å². The van der Waals surface area contributed by atoms with Gasteiger partial charge in [-0.3, -0.25) is 4.68 Å². The van der Waals surface area contributed by atoms with Gasteiger partial charge in [0.25, 0.3) is 0 Å². The number of nitrogens with one attached hydrogen (secondary N) is 1. The molecule has 0 aliphatic rings. The van der Waals surface area contributed by atoms with Crippen LogP contribution < -0.4 is 5.32 Å². The van der Waals surface area contributed by atoms with Crippen LogP contribution in [0.3, 0.4) is 0 Å². The Balaban J connectivity index is 2.49. The Bertz CT molecular complexity index is 526. The quantitative estimate of drug-likeness (QED) is 0.943. The van der Waals surface area contributed by atoms with Gasteiger partial charge >= 0.3 is 0 Å². The number of hydrogen-bond donors (Lipinski definition) is 1. The van der Waals surface area contributed by atoms with Crippen molar-refractivity contribution in [3.8, 4) is 0 Å². The van der Waals surface area contributed by atoms with E-state index in [1.54, 1.807) is 37.1 Å². The summed E-state index contributed by atoms with van der Waals surface area (Å²) < 4.78 is 16.3. The first-order chi connectivity index (χ1) is 8.13. The molecular weight excluding hydrogens is 287 g/mol. The summed E-state index contributed by atoms with van der Waals surface area (Å²) in [5.41, 5.74) is 1.37. The summed E-state index contributed by atoms with van der Waals surface area (Å²) in [5, 5.41) is 10.7. The summed E-state index contributed by atoms with van der Waals surface area (Å²) in [6, 6.07) is 4.59. The molecular formula is C11H12BrFN4. The van der Waals surface area contributed by atoms with Crippen molar-refractivity contribution in [3.05, 3.63) is 45.9 Å². The highest BCUT2D eigenvalue weighted by molar-refractivity contribution is 9.10. The van der Waals surface area contributed by atoms with Crippen LogP contribution in [0.5, 0.6) is 0 Å². The van der Waals surface area contributed by atoms with E-state index in [-0.39, 0.29) is 11.9 Å². The number of aryl methyl sites for hydroxylation is 1. The molecule has 0 radical (unpaired) electrons. The average molecular weight is 299 g/mol. The number of hydrogen-bond acceptors (Lipinski definition) is 3. The van der Waals surface area contributed by atoms with Crippen LogP contribution in [0.25, 0.3) is 0 Å². The first kappa shape index (κ1) is 12.2. The van der Waals surface area contributed by atoms with Crippen LogP contribution >= 0.6 is 15.9 Å². The first-order valence-corrected chi connectivity index (χ1v) is 5.89. The number of halogens is 2. The molecule has 1 N–H and O–H groups in total. The van der Waals surface area contributed by atoms with Crippen LogP contribution in [0.2, 0.25) is 0 Å². The fourth-order valence-electron chi connectivity index (χ4n) is 1.76. The zero-order chi connectivity index (χ0) is 12.4. The lowest BCUT2D eigenvalue weighted by molar-refractivity contribution is 0.549. The highest BCUT2D eigenvalue weighted by Gasteiger charge is 2.19. The van der Waals surface area contributed by atoms with E-state index >= 15 is 0 Å². The van der Waals surface area contributed by atoms with Gasteiger partial charge < -0.3 is 5.32 Å². The smallest absolute Gasteiger partial charge is 0.128 e. The summed E-state index contributed by atoms with van der Waals surface area (Å²) in [6.07, 6.45) is 1.63. The maximum Gasteiger partial charge on any atom is 0.128 e. The molecule has 2 rings (SSSR count). The molecule has 17 heavy (non-hydrogen) atoms. The molecule has 0 fully saturated rings. The standard InChI is InChI=1S/C11H12BrFN4/c1-14-11(10-6-15-16-17(10)2)8-5-7(12)3-4-9(8)13/h3-6,11,14H,1-2H3. The van der Waals surface area contributed by atoms with E-state index in [1.165, 1.54) is 6.07 Å². The zero-order valence-corrected chi connectivity index (χ0v) is 11.1. The summed E-state index contributed by atoms with van der Waals surface area (Å²) in [6.45, 7) is 0. The fraction of sp³-hybridized carbons (Fsp3) is 0.273.